The highest BCUT2D eigenvalue weighted by Gasteiger charge is 2.49. The largest absolute Gasteiger partial charge is 0.486 e. The fourth-order valence-electron chi connectivity index (χ4n) is 3.34. The van der Waals surface area contributed by atoms with Gasteiger partial charge in [-0.2, -0.15) is 0 Å². The third-order valence-corrected chi connectivity index (χ3v) is 4.89. The number of fused-ring (bicyclic) bond motifs is 1. The molecule has 10 heteroatoms. The monoisotopic (exact) mass is 396 g/mol. The van der Waals surface area contributed by atoms with Crippen molar-refractivity contribution in [3.63, 3.8) is 0 Å². The smallest absolute Gasteiger partial charge is 0.325 e. The third-order valence-electron chi connectivity index (χ3n) is 4.89. The molecule has 148 valence electrons. The van der Waals surface area contributed by atoms with E-state index < -0.39 is 17.5 Å². The van der Waals surface area contributed by atoms with Crippen LogP contribution in [0.3, 0.4) is 0 Å². The number of carbonyl (C=O) groups excluding carboxylic acids is 2. The molecule has 4 heterocycles. The molecule has 0 aliphatic carbocycles. The number of furan rings is 1. The van der Waals surface area contributed by atoms with Crippen LogP contribution in [0.5, 0.6) is 11.5 Å². The lowest BCUT2D eigenvalue weighted by atomic mass is 9.91. The van der Waals surface area contributed by atoms with E-state index in [2.05, 4.69) is 15.5 Å². The van der Waals surface area contributed by atoms with Crippen molar-refractivity contribution in [2.75, 3.05) is 13.2 Å². The molecule has 1 fully saturated rings. The van der Waals surface area contributed by atoms with Gasteiger partial charge in [0, 0.05) is 0 Å². The van der Waals surface area contributed by atoms with Crippen molar-refractivity contribution in [1.29, 1.82) is 0 Å². The van der Waals surface area contributed by atoms with E-state index in [0.29, 0.717) is 36.0 Å². The fourth-order valence-corrected chi connectivity index (χ4v) is 3.34. The molecule has 0 saturated carbocycles. The van der Waals surface area contributed by atoms with Gasteiger partial charge in [-0.3, -0.25) is 9.69 Å². The first kappa shape index (κ1) is 17.3. The molecule has 10 nitrogen and oxygen atoms in total. The predicted octanol–water partition coefficient (Wildman–Crippen LogP) is 2.07. The van der Waals surface area contributed by atoms with Gasteiger partial charge >= 0.3 is 6.03 Å². The van der Waals surface area contributed by atoms with Crippen molar-refractivity contribution in [3.8, 4) is 23.1 Å². The molecule has 0 radical (unpaired) electrons. The number of imide groups is 1. The van der Waals surface area contributed by atoms with Gasteiger partial charge in [-0.05, 0) is 36.8 Å². The summed E-state index contributed by atoms with van der Waals surface area (Å²) in [6.45, 7) is 2.38. The molecule has 2 aromatic heterocycles. The van der Waals surface area contributed by atoms with Crippen molar-refractivity contribution in [2.45, 2.75) is 19.0 Å². The fraction of sp³-hybridized carbons (Fsp3) is 0.263. The molecule has 3 amide bonds. The van der Waals surface area contributed by atoms with Crippen LogP contribution in [-0.2, 0) is 16.9 Å². The van der Waals surface area contributed by atoms with E-state index >= 15 is 0 Å². The molecule has 0 bridgehead atoms. The van der Waals surface area contributed by atoms with Gasteiger partial charge in [0.1, 0.15) is 25.3 Å². The van der Waals surface area contributed by atoms with Crippen LogP contribution in [0, 0.1) is 0 Å². The Balaban J connectivity index is 1.39. The van der Waals surface area contributed by atoms with Gasteiger partial charge in [-0.15, -0.1) is 10.2 Å². The number of rotatable bonds is 4. The maximum absolute atomic E-state index is 13.1. The number of amides is 3. The molecule has 3 aromatic rings. The minimum Gasteiger partial charge on any atom is -0.486 e. The Bertz CT molecular complexity index is 1090. The molecule has 1 aromatic carbocycles. The van der Waals surface area contributed by atoms with Gasteiger partial charge in [-0.25, -0.2) is 4.79 Å². The van der Waals surface area contributed by atoms with Crippen LogP contribution < -0.4 is 14.8 Å². The number of urea groups is 1. The first-order chi connectivity index (χ1) is 14.0. The molecule has 5 rings (SSSR count). The molecule has 0 unspecified atom stereocenters. The first-order valence-corrected chi connectivity index (χ1v) is 8.95. The number of ether oxygens (including phenoxy) is 2. The molecular weight excluding hydrogens is 380 g/mol. The number of carbonyl (C=O) groups is 2. The highest BCUT2D eigenvalue weighted by molar-refractivity contribution is 6.07. The summed E-state index contributed by atoms with van der Waals surface area (Å²) in [5.41, 5.74) is -0.666. The molecule has 1 N–H and O–H groups in total. The van der Waals surface area contributed by atoms with E-state index in [9.17, 15) is 9.59 Å². The van der Waals surface area contributed by atoms with Crippen molar-refractivity contribution < 1.29 is 27.9 Å². The standard InChI is InChI=1S/C19H16N4O6/c1-19(11-4-5-12-14(9-11)28-8-7-27-12)17(24)23(18(25)20-19)10-15-21-22-16(29-15)13-3-2-6-26-13/h2-6,9H,7-8,10H2,1H3,(H,20,25)/t19-/m0/s1. The number of benzene rings is 1. The zero-order chi connectivity index (χ0) is 20.0. The molecule has 1 saturated heterocycles. The maximum Gasteiger partial charge on any atom is 0.325 e. The summed E-state index contributed by atoms with van der Waals surface area (Å²) >= 11 is 0. The minimum atomic E-state index is -1.25. The lowest BCUT2D eigenvalue weighted by molar-refractivity contribution is -0.131. The summed E-state index contributed by atoms with van der Waals surface area (Å²) in [6.07, 6.45) is 1.48. The molecule has 2 aliphatic heterocycles. The van der Waals surface area contributed by atoms with Crippen LogP contribution in [-0.4, -0.2) is 40.2 Å². The average molecular weight is 396 g/mol. The Hall–Kier alpha value is -3.82. The van der Waals surface area contributed by atoms with E-state index in [1.165, 1.54) is 6.26 Å². The van der Waals surface area contributed by atoms with Crippen molar-refractivity contribution in [3.05, 3.63) is 48.0 Å². The van der Waals surface area contributed by atoms with Gasteiger partial charge in [0.25, 0.3) is 11.8 Å². The predicted molar refractivity (Wildman–Crippen MR) is 95.9 cm³/mol. The van der Waals surface area contributed by atoms with Gasteiger partial charge in [0.2, 0.25) is 5.89 Å². The SMILES string of the molecule is C[C@@]1(c2ccc3c(c2)OCCO3)NC(=O)N(Cc2nnc(-c3ccco3)o2)C1=O. The van der Waals surface area contributed by atoms with Crippen molar-refractivity contribution in [1.82, 2.24) is 20.4 Å². The van der Waals surface area contributed by atoms with E-state index in [4.69, 9.17) is 18.3 Å². The summed E-state index contributed by atoms with van der Waals surface area (Å²) in [4.78, 5) is 26.7. The van der Waals surface area contributed by atoms with E-state index in [1.54, 1.807) is 37.3 Å². The average Bonchev–Trinajstić information content (AvgIpc) is 3.46. The Morgan fingerprint density at radius 1 is 1.14 bits per heavy atom. The second kappa shape index (κ2) is 6.36. The number of nitrogens with zero attached hydrogens (tertiary/aromatic N) is 3. The van der Waals surface area contributed by atoms with Crippen LogP contribution in [0.4, 0.5) is 4.79 Å². The normalized spacial score (nSPS) is 20.8. The number of hydrogen-bond donors (Lipinski definition) is 1. The molecule has 0 spiro atoms. The van der Waals surface area contributed by atoms with Gasteiger partial charge in [0.05, 0.1) is 6.26 Å². The highest BCUT2D eigenvalue weighted by atomic mass is 16.6. The lowest BCUT2D eigenvalue weighted by Crippen LogP contribution is -2.41. The third kappa shape index (κ3) is 2.80. The summed E-state index contributed by atoms with van der Waals surface area (Å²) in [5.74, 6) is 1.40. The zero-order valence-corrected chi connectivity index (χ0v) is 15.4. The summed E-state index contributed by atoms with van der Waals surface area (Å²) in [5, 5.41) is 10.5. The summed E-state index contributed by atoms with van der Waals surface area (Å²) in [6, 6.07) is 7.98. The Morgan fingerprint density at radius 3 is 2.76 bits per heavy atom. The number of aromatic nitrogens is 2. The van der Waals surface area contributed by atoms with Crippen LogP contribution >= 0.6 is 0 Å². The second-order valence-corrected chi connectivity index (χ2v) is 6.78. The lowest BCUT2D eigenvalue weighted by Gasteiger charge is -2.25. The Morgan fingerprint density at radius 2 is 1.97 bits per heavy atom. The van der Waals surface area contributed by atoms with Crippen molar-refractivity contribution in [2.24, 2.45) is 0 Å². The van der Waals surface area contributed by atoms with Crippen LogP contribution in [0.1, 0.15) is 18.4 Å². The highest BCUT2D eigenvalue weighted by Crippen LogP contribution is 2.37. The van der Waals surface area contributed by atoms with Crippen LogP contribution in [0.15, 0.2) is 45.4 Å². The number of hydrogen-bond acceptors (Lipinski definition) is 8. The molecule has 2 aliphatic rings. The Kier molecular flexibility index (Phi) is 3.79. The second-order valence-electron chi connectivity index (χ2n) is 6.78. The van der Waals surface area contributed by atoms with E-state index in [1.807, 2.05) is 0 Å². The first-order valence-electron chi connectivity index (χ1n) is 8.95. The van der Waals surface area contributed by atoms with E-state index in [0.717, 1.165) is 4.90 Å². The van der Waals surface area contributed by atoms with Crippen LogP contribution in [0.25, 0.3) is 11.7 Å². The van der Waals surface area contributed by atoms with Crippen molar-refractivity contribution >= 4 is 11.9 Å². The van der Waals surface area contributed by atoms with Gasteiger partial charge < -0.3 is 23.6 Å². The van der Waals surface area contributed by atoms with Crippen LogP contribution in [0.2, 0.25) is 0 Å². The number of nitrogens with one attached hydrogen (secondary N) is 1. The Labute approximate surface area is 164 Å². The molecule has 29 heavy (non-hydrogen) atoms. The van der Waals surface area contributed by atoms with Gasteiger partial charge in [-0.1, -0.05) is 6.07 Å². The molecular formula is C19H16N4O6. The summed E-state index contributed by atoms with van der Waals surface area (Å²) < 4.78 is 21.8. The molecule has 1 atom stereocenters. The van der Waals surface area contributed by atoms with Gasteiger partial charge in [0.15, 0.2) is 17.3 Å². The quantitative estimate of drug-likeness (QED) is 0.666. The van der Waals surface area contributed by atoms with E-state index in [-0.39, 0.29) is 18.3 Å². The minimum absolute atomic E-state index is 0.117. The zero-order valence-electron chi connectivity index (χ0n) is 15.4. The maximum atomic E-state index is 13.1. The summed E-state index contributed by atoms with van der Waals surface area (Å²) in [7, 11) is 0. The topological polar surface area (TPSA) is 120 Å².